The predicted octanol–water partition coefficient (Wildman–Crippen LogP) is 13.5. The van der Waals surface area contributed by atoms with Crippen molar-refractivity contribution < 1.29 is 52.3 Å². The maximum atomic E-state index is 14.8. The van der Waals surface area contributed by atoms with Crippen LogP contribution in [0, 0.1) is 0 Å². The van der Waals surface area contributed by atoms with Gasteiger partial charge in [-0.3, -0.25) is 4.90 Å². The lowest BCUT2D eigenvalue weighted by molar-refractivity contribution is -0.318. The SMILES string of the molecule is CCCCCCCCCCCCCCC1OC(=O)O[C@H]1[C@H](CC[C@@]12OCC(O1)[C@H](OC(=O)c1ccccc1)[C@H](OCc1ccccc1)C2OCc1ccccc1)N(Cc1ccccc1)C(=O)OCc1ccccc1. The second-order valence-corrected chi connectivity index (χ2v) is 19.9. The van der Waals surface area contributed by atoms with Crippen molar-refractivity contribution >= 4 is 18.2 Å². The molecule has 0 radical (unpaired) electrons. The first kappa shape index (κ1) is 54.2. The van der Waals surface area contributed by atoms with Crippen LogP contribution in [0.2, 0.25) is 0 Å². The third-order valence-electron chi connectivity index (χ3n) is 14.5. The quantitative estimate of drug-likeness (QED) is 0.0248. The van der Waals surface area contributed by atoms with Crippen LogP contribution in [0.15, 0.2) is 152 Å². The minimum Gasteiger partial charge on any atom is -0.453 e. The van der Waals surface area contributed by atoms with E-state index in [4.69, 9.17) is 37.9 Å². The molecule has 1 amide bonds. The second kappa shape index (κ2) is 28.6. The van der Waals surface area contributed by atoms with E-state index < -0.39 is 66.7 Å². The zero-order chi connectivity index (χ0) is 51.2. The molecule has 0 spiro atoms. The second-order valence-electron chi connectivity index (χ2n) is 19.9. The molecule has 3 fully saturated rings. The number of nitrogens with zero attached hydrogens (tertiary/aromatic N) is 1. The van der Waals surface area contributed by atoms with Gasteiger partial charge in [-0.05, 0) is 53.6 Å². The highest BCUT2D eigenvalue weighted by atomic mass is 16.8. The van der Waals surface area contributed by atoms with Gasteiger partial charge in [0.2, 0.25) is 0 Å². The Labute approximate surface area is 437 Å². The predicted molar refractivity (Wildman–Crippen MR) is 282 cm³/mol. The number of rotatable bonds is 30. The largest absolute Gasteiger partial charge is 0.509 e. The highest BCUT2D eigenvalue weighted by Gasteiger charge is 2.63. The maximum Gasteiger partial charge on any atom is 0.509 e. The van der Waals surface area contributed by atoms with Crippen LogP contribution in [-0.2, 0) is 64.3 Å². The van der Waals surface area contributed by atoms with Crippen molar-refractivity contribution in [1.29, 1.82) is 0 Å². The topological polar surface area (TPSA) is 128 Å². The number of hydrogen-bond acceptors (Lipinski definition) is 11. The number of cyclic esters (lactones) is 2. The van der Waals surface area contributed by atoms with E-state index in [0.29, 0.717) is 12.0 Å². The van der Waals surface area contributed by atoms with E-state index in [0.717, 1.165) is 41.5 Å². The molecule has 3 aliphatic heterocycles. The molecule has 0 aromatic heterocycles. The number of carbonyl (C=O) groups is 3. The summed E-state index contributed by atoms with van der Waals surface area (Å²) in [6, 6.07) is 46.9. The van der Waals surface area contributed by atoms with Crippen LogP contribution in [0.4, 0.5) is 9.59 Å². The summed E-state index contributed by atoms with van der Waals surface area (Å²) in [6.45, 7) is 2.88. The number of ether oxygens (including phenoxy) is 8. The van der Waals surface area contributed by atoms with Crippen molar-refractivity contribution in [3.05, 3.63) is 179 Å². The van der Waals surface area contributed by atoms with Gasteiger partial charge in [0, 0.05) is 13.0 Å². The highest BCUT2D eigenvalue weighted by molar-refractivity contribution is 5.89. The van der Waals surface area contributed by atoms with E-state index in [-0.39, 0.29) is 45.8 Å². The zero-order valence-electron chi connectivity index (χ0n) is 43.1. The van der Waals surface area contributed by atoms with Crippen LogP contribution in [0.3, 0.4) is 0 Å². The molecule has 12 heteroatoms. The average Bonchev–Trinajstić information content (AvgIpc) is 4.02. The van der Waals surface area contributed by atoms with E-state index in [1.165, 1.54) is 57.8 Å². The monoisotopic (exact) mass is 1010 g/mol. The molecule has 5 aromatic rings. The molecule has 394 valence electrons. The standard InChI is InChI=1S/C62H75NO11/c1-2-3-4-5-6-7-8-9-10-11-12-28-39-53-55(73-61(66)71-53)52(63(42-47-29-18-13-19-30-47)60(65)69-45-50-35-24-16-25-36-50)40-41-62-58(68-44-49-33-22-15-23-34-49)57(67-43-48-31-20-14-21-32-48)56(54(74-62)46-70-62)72-59(64)51-37-26-17-27-38-51/h13-27,29-38,52-58H,2-12,28,39-46H2,1H3/t52-,53?,54?,55-,56-,57-,58?,62+/m0/s1. The first-order valence-electron chi connectivity index (χ1n) is 27.2. The molecule has 2 bridgehead atoms. The summed E-state index contributed by atoms with van der Waals surface area (Å²) in [5, 5.41) is 0. The number of amides is 1. The van der Waals surface area contributed by atoms with Crippen LogP contribution in [0.5, 0.6) is 0 Å². The number of fused-ring (bicyclic) bond motifs is 2. The van der Waals surface area contributed by atoms with Crippen molar-refractivity contribution in [1.82, 2.24) is 4.90 Å². The molecule has 0 saturated carbocycles. The van der Waals surface area contributed by atoms with Crippen LogP contribution in [-0.4, -0.2) is 78.2 Å². The van der Waals surface area contributed by atoms with Gasteiger partial charge in [-0.25, -0.2) is 14.4 Å². The Bertz CT molecular complexity index is 2410. The van der Waals surface area contributed by atoms with Crippen molar-refractivity contribution in [2.45, 2.75) is 178 Å². The molecule has 8 rings (SSSR count). The lowest BCUT2D eigenvalue weighted by Gasteiger charge is -2.47. The van der Waals surface area contributed by atoms with Gasteiger partial charge in [0.1, 0.15) is 31.0 Å². The number of hydrogen-bond donors (Lipinski definition) is 0. The fraction of sp³-hybridized carbons (Fsp3) is 0.468. The van der Waals surface area contributed by atoms with Crippen molar-refractivity contribution in [3.63, 3.8) is 0 Å². The third-order valence-corrected chi connectivity index (χ3v) is 14.5. The maximum absolute atomic E-state index is 14.8. The summed E-state index contributed by atoms with van der Waals surface area (Å²) in [5.41, 5.74) is 3.91. The summed E-state index contributed by atoms with van der Waals surface area (Å²) < 4.78 is 52.4. The Hall–Kier alpha value is -6.05. The van der Waals surface area contributed by atoms with E-state index in [1.807, 2.05) is 127 Å². The molecule has 8 atom stereocenters. The summed E-state index contributed by atoms with van der Waals surface area (Å²) >= 11 is 0. The van der Waals surface area contributed by atoms with Gasteiger partial charge in [-0.1, -0.05) is 217 Å². The van der Waals surface area contributed by atoms with E-state index in [2.05, 4.69) is 6.92 Å². The van der Waals surface area contributed by atoms with Crippen LogP contribution >= 0.6 is 0 Å². The Balaban J connectivity index is 1.08. The van der Waals surface area contributed by atoms with E-state index >= 15 is 0 Å². The normalized spacial score (nSPS) is 22.4. The molecule has 12 nitrogen and oxygen atoms in total. The van der Waals surface area contributed by atoms with Gasteiger partial charge in [0.25, 0.3) is 0 Å². The average molecular weight is 1010 g/mol. The smallest absolute Gasteiger partial charge is 0.453 e. The minimum absolute atomic E-state index is 0.0394. The fourth-order valence-electron chi connectivity index (χ4n) is 10.5. The Morgan fingerprint density at radius 1 is 0.608 bits per heavy atom. The van der Waals surface area contributed by atoms with E-state index in [9.17, 15) is 14.4 Å². The molecule has 5 aromatic carbocycles. The van der Waals surface area contributed by atoms with Crippen LogP contribution in [0.25, 0.3) is 0 Å². The van der Waals surface area contributed by atoms with Crippen molar-refractivity contribution in [2.24, 2.45) is 0 Å². The lowest BCUT2D eigenvalue weighted by atomic mass is 9.87. The number of esters is 1. The summed E-state index contributed by atoms with van der Waals surface area (Å²) in [7, 11) is 0. The zero-order valence-corrected chi connectivity index (χ0v) is 43.1. The van der Waals surface area contributed by atoms with Gasteiger partial charge in [0.15, 0.2) is 18.0 Å². The molecule has 0 N–H and O–H groups in total. The first-order valence-corrected chi connectivity index (χ1v) is 27.2. The molecular formula is C62H75NO11. The molecule has 3 saturated heterocycles. The number of carbonyl (C=O) groups excluding carboxylic acids is 3. The number of unbranched alkanes of at least 4 members (excludes halogenated alkanes) is 11. The Morgan fingerprint density at radius 3 is 1.70 bits per heavy atom. The van der Waals surface area contributed by atoms with Crippen molar-refractivity contribution in [3.8, 4) is 0 Å². The summed E-state index contributed by atoms with van der Waals surface area (Å²) in [6.07, 6.45) is 9.02. The first-order chi connectivity index (χ1) is 36.4. The summed E-state index contributed by atoms with van der Waals surface area (Å²) in [4.78, 5) is 43.8. The third kappa shape index (κ3) is 15.5. The van der Waals surface area contributed by atoms with Gasteiger partial charge < -0.3 is 37.9 Å². The van der Waals surface area contributed by atoms with Gasteiger partial charge in [-0.2, -0.15) is 0 Å². The lowest BCUT2D eigenvalue weighted by Crippen LogP contribution is -2.63. The fourth-order valence-corrected chi connectivity index (χ4v) is 10.5. The Morgan fingerprint density at radius 2 is 1.12 bits per heavy atom. The van der Waals surface area contributed by atoms with Crippen LogP contribution < -0.4 is 0 Å². The number of benzene rings is 5. The van der Waals surface area contributed by atoms with Gasteiger partial charge in [-0.15, -0.1) is 0 Å². The van der Waals surface area contributed by atoms with Crippen LogP contribution in [0.1, 0.15) is 136 Å². The van der Waals surface area contributed by atoms with Crippen molar-refractivity contribution in [2.75, 3.05) is 6.61 Å². The summed E-state index contributed by atoms with van der Waals surface area (Å²) in [5.74, 6) is -1.99. The molecule has 3 heterocycles. The van der Waals surface area contributed by atoms with Gasteiger partial charge >= 0.3 is 18.2 Å². The van der Waals surface area contributed by atoms with E-state index in [1.54, 1.807) is 29.2 Å². The highest BCUT2D eigenvalue weighted by Crippen LogP contribution is 2.46. The molecule has 3 unspecified atom stereocenters. The minimum atomic E-state index is -1.46. The van der Waals surface area contributed by atoms with Gasteiger partial charge in [0.05, 0.1) is 31.4 Å². The molecular weight excluding hydrogens is 935 g/mol. The molecule has 74 heavy (non-hydrogen) atoms. The Kier molecular flexibility index (Phi) is 20.9. The molecule has 3 aliphatic rings. The molecule has 0 aliphatic carbocycles.